The molecule has 3 aliphatic rings. The maximum Gasteiger partial charge on any atom is 0.408 e. The fraction of sp³-hybridized carbons (Fsp3) is 0.600. The third-order valence-electron chi connectivity index (χ3n) is 8.80. The number of allylic oxidation sites excluding steroid dienone is 1. The Balaban J connectivity index is 1.49. The molecule has 5 atom stereocenters. The van der Waals surface area contributed by atoms with Crippen molar-refractivity contribution in [3.05, 3.63) is 42.1 Å². The normalized spacial score (nSPS) is 26.5. The van der Waals surface area contributed by atoms with Crippen molar-refractivity contribution in [2.45, 2.75) is 115 Å². The third-order valence-corrected chi connectivity index (χ3v) is 8.80. The second-order valence-electron chi connectivity index (χ2n) is 14.0. The predicted molar refractivity (Wildman–Crippen MR) is 175 cm³/mol. The molecule has 1 aromatic heterocycles. The molecule has 14 heteroatoms. The zero-order valence-corrected chi connectivity index (χ0v) is 28.6. The molecule has 5 unspecified atom stereocenters. The molecule has 3 amide bonds. The summed E-state index contributed by atoms with van der Waals surface area (Å²) < 4.78 is 46.5. The van der Waals surface area contributed by atoms with Crippen LogP contribution >= 0.6 is 0 Å². The fourth-order valence-corrected chi connectivity index (χ4v) is 6.35. The lowest BCUT2D eigenvalue weighted by molar-refractivity contribution is -0.150. The number of carbonyl (C=O) groups excluding carboxylic acids is 4. The molecule has 49 heavy (non-hydrogen) atoms. The largest absolute Gasteiger partial charge is 0.471 e. The number of fused-ring (bicyclic) bond motifs is 3. The highest BCUT2D eigenvalue weighted by Crippen LogP contribution is 2.46. The van der Waals surface area contributed by atoms with Crippen molar-refractivity contribution in [3.8, 4) is 5.88 Å². The van der Waals surface area contributed by atoms with Gasteiger partial charge in [0, 0.05) is 19.3 Å². The number of para-hydroxylation sites is 2. The van der Waals surface area contributed by atoms with Gasteiger partial charge in [-0.15, -0.1) is 0 Å². The Morgan fingerprint density at radius 2 is 1.80 bits per heavy atom. The first-order valence-corrected chi connectivity index (χ1v) is 16.9. The number of aromatic nitrogens is 2. The van der Waals surface area contributed by atoms with Crippen molar-refractivity contribution < 1.29 is 42.2 Å². The number of nitrogens with one attached hydrogen (secondary N) is 2. The molecule has 3 heterocycles. The quantitative estimate of drug-likeness (QED) is 0.319. The molecule has 2 N–H and O–H groups in total. The van der Waals surface area contributed by atoms with E-state index in [2.05, 4.69) is 20.6 Å². The lowest BCUT2D eigenvalue weighted by Crippen LogP contribution is -2.56. The Hall–Kier alpha value is -4.36. The van der Waals surface area contributed by atoms with Gasteiger partial charge in [-0.25, -0.2) is 19.6 Å². The highest BCUT2D eigenvalue weighted by molar-refractivity contribution is 5.96. The minimum Gasteiger partial charge on any atom is -0.471 e. The van der Waals surface area contributed by atoms with E-state index in [0.717, 1.165) is 19.3 Å². The van der Waals surface area contributed by atoms with Gasteiger partial charge in [0.15, 0.2) is 5.69 Å². The van der Waals surface area contributed by atoms with Crippen LogP contribution in [0.4, 0.5) is 13.6 Å². The van der Waals surface area contributed by atoms with E-state index in [-0.39, 0.29) is 37.4 Å². The van der Waals surface area contributed by atoms with Gasteiger partial charge >= 0.3 is 12.1 Å². The second kappa shape index (κ2) is 14.2. The Morgan fingerprint density at radius 1 is 1.08 bits per heavy atom. The smallest absolute Gasteiger partial charge is 0.408 e. The van der Waals surface area contributed by atoms with Crippen LogP contribution in [0, 0.1) is 5.92 Å². The fourth-order valence-electron chi connectivity index (χ4n) is 6.35. The lowest BCUT2D eigenvalue weighted by Gasteiger charge is -2.30. The van der Waals surface area contributed by atoms with Crippen LogP contribution < -0.4 is 15.4 Å². The van der Waals surface area contributed by atoms with Crippen molar-refractivity contribution in [2.24, 2.45) is 5.92 Å². The number of esters is 1. The van der Waals surface area contributed by atoms with Crippen LogP contribution in [0.2, 0.25) is 0 Å². The monoisotopic (exact) mass is 685 g/mol. The summed E-state index contributed by atoms with van der Waals surface area (Å²) in [7, 11) is 0. The van der Waals surface area contributed by atoms with Gasteiger partial charge in [-0.1, -0.05) is 37.1 Å². The van der Waals surface area contributed by atoms with Gasteiger partial charge in [0.2, 0.25) is 17.7 Å². The molecule has 1 aromatic carbocycles. The third kappa shape index (κ3) is 8.45. The summed E-state index contributed by atoms with van der Waals surface area (Å²) >= 11 is 0. The van der Waals surface area contributed by atoms with Gasteiger partial charge in [0.25, 0.3) is 5.92 Å². The van der Waals surface area contributed by atoms with E-state index in [1.807, 2.05) is 12.2 Å². The van der Waals surface area contributed by atoms with Crippen LogP contribution in [0.5, 0.6) is 5.88 Å². The minimum atomic E-state index is -3.41. The molecule has 2 aliphatic heterocycles. The maximum atomic E-state index is 14.8. The number of alkyl halides is 2. The average molecular weight is 686 g/mol. The SMILES string of the molecule is CCOC(=O)C12CC1C=CCCCCCC(NC(=O)OC(C)(C)C)C(=O)N1CC(Oc3nc4ccccc4nc3C(C)(F)F)CC1C(=O)N2. The number of amides is 3. The molecule has 1 saturated carbocycles. The molecule has 1 aliphatic carbocycles. The van der Waals surface area contributed by atoms with Gasteiger partial charge in [-0.3, -0.25) is 9.59 Å². The van der Waals surface area contributed by atoms with Crippen molar-refractivity contribution >= 4 is 34.9 Å². The highest BCUT2D eigenvalue weighted by Gasteiger charge is 2.62. The van der Waals surface area contributed by atoms with Crippen LogP contribution in [-0.2, 0) is 29.8 Å². The molecule has 2 fully saturated rings. The van der Waals surface area contributed by atoms with Gasteiger partial charge in [-0.2, -0.15) is 8.78 Å². The van der Waals surface area contributed by atoms with Gasteiger partial charge in [0.1, 0.15) is 29.3 Å². The molecule has 2 aromatic rings. The Morgan fingerprint density at radius 3 is 2.47 bits per heavy atom. The summed E-state index contributed by atoms with van der Waals surface area (Å²) in [6.07, 6.45) is 5.58. The van der Waals surface area contributed by atoms with Crippen molar-refractivity contribution in [1.82, 2.24) is 25.5 Å². The lowest BCUT2D eigenvalue weighted by atomic mass is 10.0. The van der Waals surface area contributed by atoms with E-state index in [4.69, 9.17) is 14.2 Å². The van der Waals surface area contributed by atoms with E-state index in [1.54, 1.807) is 52.0 Å². The number of carbonyl (C=O) groups is 4. The topological polar surface area (TPSA) is 149 Å². The van der Waals surface area contributed by atoms with E-state index in [9.17, 15) is 28.0 Å². The van der Waals surface area contributed by atoms with Crippen LogP contribution in [0.1, 0.15) is 85.3 Å². The van der Waals surface area contributed by atoms with E-state index in [0.29, 0.717) is 25.3 Å². The summed E-state index contributed by atoms with van der Waals surface area (Å²) in [4.78, 5) is 64.2. The zero-order chi connectivity index (χ0) is 35.6. The molecule has 0 spiro atoms. The summed E-state index contributed by atoms with van der Waals surface area (Å²) in [5.41, 5.74) is -2.21. The summed E-state index contributed by atoms with van der Waals surface area (Å²) in [6.45, 7) is 7.42. The molecular formula is C35H45F2N5O7. The molecule has 0 radical (unpaired) electrons. The average Bonchev–Trinajstić information content (AvgIpc) is 3.54. The van der Waals surface area contributed by atoms with Crippen molar-refractivity contribution in [1.29, 1.82) is 0 Å². The van der Waals surface area contributed by atoms with Gasteiger partial charge < -0.3 is 29.7 Å². The summed E-state index contributed by atoms with van der Waals surface area (Å²) in [5.74, 6) is -5.87. The predicted octanol–water partition coefficient (Wildman–Crippen LogP) is 4.94. The Labute approximate surface area is 284 Å². The first kappa shape index (κ1) is 35.9. The number of nitrogens with zero attached hydrogens (tertiary/aromatic N) is 3. The van der Waals surface area contributed by atoms with Crippen molar-refractivity contribution in [3.63, 3.8) is 0 Å². The number of halogens is 2. The molecule has 266 valence electrons. The van der Waals surface area contributed by atoms with Gasteiger partial charge in [-0.05, 0) is 65.5 Å². The number of benzene rings is 1. The summed E-state index contributed by atoms with van der Waals surface area (Å²) in [5, 5.41) is 5.55. The standard InChI is InChI=1S/C35H45F2N5O7/c1-6-47-31(45)35-19-21(35)14-10-8-7-9-11-17-25(40-32(46)49-33(2,3)4)30(44)42-20-22(18-26(42)28(43)41-35)48-29-27(34(5,36)37)38-23-15-12-13-16-24(23)39-29/h10,12-16,21-22,25-26H,6-9,11,17-20H2,1-5H3,(H,40,46)(H,41,43). The van der Waals surface area contributed by atoms with Gasteiger partial charge in [0.05, 0.1) is 24.2 Å². The van der Waals surface area contributed by atoms with Crippen molar-refractivity contribution in [2.75, 3.05) is 13.2 Å². The first-order valence-electron chi connectivity index (χ1n) is 16.9. The molecular weight excluding hydrogens is 640 g/mol. The Kier molecular flexibility index (Phi) is 10.4. The van der Waals surface area contributed by atoms with E-state index in [1.165, 1.54) is 4.90 Å². The number of ether oxygens (including phenoxy) is 3. The highest BCUT2D eigenvalue weighted by atomic mass is 19.3. The first-order chi connectivity index (χ1) is 23.1. The number of hydrogen-bond donors (Lipinski definition) is 2. The van der Waals surface area contributed by atoms with Crippen LogP contribution in [0.15, 0.2) is 36.4 Å². The number of hydrogen-bond acceptors (Lipinski definition) is 9. The minimum absolute atomic E-state index is 0.0978. The molecule has 5 rings (SSSR count). The van der Waals surface area contributed by atoms with Crippen LogP contribution in [-0.4, -0.2) is 81.2 Å². The number of alkyl carbamates (subject to hydrolysis) is 1. The Bertz CT molecular complexity index is 1610. The van der Waals surface area contributed by atoms with E-state index < -0.39 is 70.7 Å². The zero-order valence-electron chi connectivity index (χ0n) is 28.6. The summed E-state index contributed by atoms with van der Waals surface area (Å²) in [6, 6.07) is 4.32. The van der Waals surface area contributed by atoms with E-state index >= 15 is 0 Å². The van der Waals surface area contributed by atoms with Crippen LogP contribution in [0.3, 0.4) is 0 Å². The van der Waals surface area contributed by atoms with Crippen LogP contribution in [0.25, 0.3) is 11.0 Å². The number of rotatable bonds is 6. The second-order valence-corrected chi connectivity index (χ2v) is 14.0. The maximum absolute atomic E-state index is 14.8. The molecule has 0 bridgehead atoms. The molecule has 1 saturated heterocycles. The molecule has 12 nitrogen and oxygen atoms in total.